The first-order valence-electron chi connectivity index (χ1n) is 6.94. The zero-order chi connectivity index (χ0) is 16.6. The lowest BCUT2D eigenvalue weighted by Gasteiger charge is -2.48. The Morgan fingerprint density at radius 1 is 1.30 bits per heavy atom. The number of fused-ring (bicyclic) bond motifs is 1. The zero-order valence-corrected chi connectivity index (χ0v) is 11.9. The number of aliphatic hydroxyl groups is 1. The summed E-state index contributed by atoms with van der Waals surface area (Å²) in [5.41, 5.74) is 0.206. The predicted octanol–water partition coefficient (Wildman–Crippen LogP) is -0.233. The van der Waals surface area contributed by atoms with Gasteiger partial charge < -0.3 is 20.3 Å². The number of nitrogens with zero attached hydrogens (tertiary/aromatic N) is 1. The quantitative estimate of drug-likeness (QED) is 0.660. The van der Waals surface area contributed by atoms with Crippen molar-refractivity contribution in [2.45, 2.75) is 18.5 Å². The summed E-state index contributed by atoms with van der Waals surface area (Å²) in [6.45, 7) is -0.0787. The summed E-state index contributed by atoms with van der Waals surface area (Å²) in [6.07, 6.45) is 0.116. The minimum absolute atomic E-state index is 0.0787. The van der Waals surface area contributed by atoms with Crippen molar-refractivity contribution in [1.29, 1.82) is 0 Å². The second kappa shape index (κ2) is 5.64. The molecule has 0 radical (unpaired) electrons. The highest BCUT2D eigenvalue weighted by molar-refractivity contribution is 6.01. The first-order chi connectivity index (χ1) is 11.0. The van der Waals surface area contributed by atoms with Crippen molar-refractivity contribution >= 4 is 17.8 Å². The normalized spacial score (nSPS) is 22.8. The van der Waals surface area contributed by atoms with Crippen molar-refractivity contribution in [1.82, 2.24) is 10.2 Å². The number of carbonyl (C=O) groups excluding carboxylic acids is 2. The van der Waals surface area contributed by atoms with Crippen LogP contribution in [0.2, 0.25) is 0 Å². The Labute approximate surface area is 131 Å². The van der Waals surface area contributed by atoms with Gasteiger partial charge in [0.25, 0.3) is 5.91 Å². The molecule has 0 aromatic heterocycles. The summed E-state index contributed by atoms with van der Waals surface area (Å²) in [4.78, 5) is 36.1. The number of ether oxygens (including phenoxy) is 1. The van der Waals surface area contributed by atoms with Gasteiger partial charge in [-0.15, -0.1) is 0 Å². The molecule has 0 unspecified atom stereocenters. The fourth-order valence-electron chi connectivity index (χ4n) is 2.69. The standard InChI is InChI=1S/C15H14N2O6/c18-10(6-8-4-2-1-3-5-8)16-11-9-7-23-15(22)12(14(20)21)17(9)13(11)19/h1-5,9,11,22H,6-7H2,(H,16,18)(H,20,21)/t9-,11+/m1/s1. The lowest BCUT2D eigenvalue weighted by molar-refractivity contribution is -0.163. The van der Waals surface area contributed by atoms with Gasteiger partial charge in [-0.25, -0.2) is 4.79 Å². The summed E-state index contributed by atoms with van der Waals surface area (Å²) in [5, 5.41) is 21.1. The van der Waals surface area contributed by atoms with Crippen LogP contribution in [0.3, 0.4) is 0 Å². The number of carbonyl (C=O) groups is 3. The van der Waals surface area contributed by atoms with Crippen molar-refractivity contribution in [3.05, 3.63) is 47.5 Å². The Morgan fingerprint density at radius 3 is 2.65 bits per heavy atom. The van der Waals surface area contributed by atoms with Crippen LogP contribution in [0.4, 0.5) is 0 Å². The highest BCUT2D eigenvalue weighted by Crippen LogP contribution is 2.31. The highest BCUT2D eigenvalue weighted by atomic mass is 16.6. The highest BCUT2D eigenvalue weighted by Gasteiger charge is 2.55. The Balaban J connectivity index is 1.67. The summed E-state index contributed by atoms with van der Waals surface area (Å²) >= 11 is 0. The number of nitrogens with one attached hydrogen (secondary N) is 1. The van der Waals surface area contributed by atoms with Gasteiger partial charge in [0.2, 0.25) is 11.6 Å². The van der Waals surface area contributed by atoms with Crippen LogP contribution in [0, 0.1) is 0 Å². The SMILES string of the molecule is O=C(Cc1ccccc1)N[C@@H]1C(=O)N2C(C(=O)O)=C(O)OC[C@H]12. The van der Waals surface area contributed by atoms with Crippen LogP contribution in [0.1, 0.15) is 5.56 Å². The van der Waals surface area contributed by atoms with Gasteiger partial charge in [0.1, 0.15) is 18.7 Å². The molecule has 2 aliphatic rings. The molecule has 120 valence electrons. The van der Waals surface area contributed by atoms with E-state index in [1.165, 1.54) is 0 Å². The minimum Gasteiger partial charge on any atom is -0.479 e. The third-order valence-corrected chi connectivity index (χ3v) is 3.78. The summed E-state index contributed by atoms with van der Waals surface area (Å²) in [5.74, 6) is -3.18. The number of carboxylic acid groups (broad SMARTS) is 1. The fraction of sp³-hybridized carbons (Fsp3) is 0.267. The van der Waals surface area contributed by atoms with Gasteiger partial charge in [-0.3, -0.25) is 14.5 Å². The van der Waals surface area contributed by atoms with Crippen LogP contribution in [0.25, 0.3) is 0 Å². The molecular formula is C15H14N2O6. The molecule has 1 aromatic carbocycles. The largest absolute Gasteiger partial charge is 0.479 e. The molecular weight excluding hydrogens is 304 g/mol. The molecule has 0 spiro atoms. The number of benzene rings is 1. The van der Waals surface area contributed by atoms with E-state index in [2.05, 4.69) is 5.32 Å². The zero-order valence-electron chi connectivity index (χ0n) is 11.9. The van der Waals surface area contributed by atoms with Gasteiger partial charge in [-0.2, -0.15) is 0 Å². The van der Waals surface area contributed by atoms with Crippen LogP contribution in [0.5, 0.6) is 0 Å². The van der Waals surface area contributed by atoms with Crippen LogP contribution >= 0.6 is 0 Å². The number of amides is 2. The average Bonchev–Trinajstić information content (AvgIpc) is 2.53. The Hall–Kier alpha value is -3.03. The minimum atomic E-state index is -1.46. The molecule has 3 rings (SSSR count). The molecule has 8 nitrogen and oxygen atoms in total. The molecule has 2 heterocycles. The second-order valence-corrected chi connectivity index (χ2v) is 5.25. The number of hydrogen-bond donors (Lipinski definition) is 3. The number of aliphatic hydroxyl groups excluding tert-OH is 1. The molecule has 2 amide bonds. The van der Waals surface area contributed by atoms with Crippen molar-refractivity contribution in [2.24, 2.45) is 0 Å². The van der Waals surface area contributed by atoms with E-state index in [-0.39, 0.29) is 18.9 Å². The van der Waals surface area contributed by atoms with E-state index in [0.717, 1.165) is 10.5 Å². The maximum absolute atomic E-state index is 12.1. The van der Waals surface area contributed by atoms with E-state index in [4.69, 9.17) is 9.84 Å². The van der Waals surface area contributed by atoms with Crippen LogP contribution in [-0.4, -0.2) is 51.6 Å². The smallest absolute Gasteiger partial charge is 0.360 e. The number of aliphatic carboxylic acids is 1. The monoisotopic (exact) mass is 318 g/mol. The van der Waals surface area contributed by atoms with E-state index in [0.29, 0.717) is 0 Å². The molecule has 23 heavy (non-hydrogen) atoms. The van der Waals surface area contributed by atoms with Gasteiger partial charge >= 0.3 is 11.9 Å². The van der Waals surface area contributed by atoms with Gasteiger partial charge in [0.15, 0.2) is 0 Å². The van der Waals surface area contributed by atoms with Crippen LogP contribution in [-0.2, 0) is 25.5 Å². The van der Waals surface area contributed by atoms with E-state index >= 15 is 0 Å². The summed E-state index contributed by atoms with van der Waals surface area (Å²) in [7, 11) is 0. The Bertz CT molecular complexity index is 699. The van der Waals surface area contributed by atoms with Crippen molar-refractivity contribution in [3.63, 3.8) is 0 Å². The van der Waals surface area contributed by atoms with Crippen LogP contribution in [0.15, 0.2) is 42.0 Å². The molecule has 8 heteroatoms. The topological polar surface area (TPSA) is 116 Å². The third-order valence-electron chi connectivity index (χ3n) is 3.78. The molecule has 2 aliphatic heterocycles. The number of rotatable bonds is 4. The number of carboxylic acids is 1. The second-order valence-electron chi connectivity index (χ2n) is 5.25. The molecule has 3 N–H and O–H groups in total. The lowest BCUT2D eigenvalue weighted by atomic mass is 9.93. The molecule has 0 saturated carbocycles. The Morgan fingerprint density at radius 2 is 2.00 bits per heavy atom. The molecule has 2 atom stereocenters. The van der Waals surface area contributed by atoms with E-state index in [9.17, 15) is 19.5 Å². The van der Waals surface area contributed by atoms with Crippen molar-refractivity contribution < 1.29 is 29.3 Å². The first kappa shape index (κ1) is 14.9. The lowest BCUT2D eigenvalue weighted by Crippen LogP contribution is -2.73. The summed E-state index contributed by atoms with van der Waals surface area (Å²) in [6, 6.07) is 7.54. The molecule has 1 aromatic rings. The molecule has 1 saturated heterocycles. The maximum Gasteiger partial charge on any atom is 0.360 e. The van der Waals surface area contributed by atoms with Crippen molar-refractivity contribution in [3.8, 4) is 0 Å². The number of hydrogen-bond acceptors (Lipinski definition) is 5. The van der Waals surface area contributed by atoms with E-state index < -0.39 is 35.6 Å². The molecule has 1 fully saturated rings. The summed E-state index contributed by atoms with van der Waals surface area (Å²) < 4.78 is 4.87. The fourth-order valence-corrected chi connectivity index (χ4v) is 2.69. The molecule has 0 aliphatic carbocycles. The van der Waals surface area contributed by atoms with E-state index in [1.54, 1.807) is 24.3 Å². The van der Waals surface area contributed by atoms with Crippen LogP contribution < -0.4 is 5.32 Å². The van der Waals surface area contributed by atoms with Crippen molar-refractivity contribution in [2.75, 3.05) is 6.61 Å². The van der Waals surface area contributed by atoms with Gasteiger partial charge in [-0.1, -0.05) is 30.3 Å². The number of β-lactam (4-membered cyclic amide) rings is 1. The van der Waals surface area contributed by atoms with Gasteiger partial charge in [0.05, 0.1) is 6.42 Å². The predicted molar refractivity (Wildman–Crippen MR) is 76.0 cm³/mol. The van der Waals surface area contributed by atoms with Gasteiger partial charge in [0, 0.05) is 0 Å². The third kappa shape index (κ3) is 2.59. The Kier molecular flexibility index (Phi) is 3.65. The van der Waals surface area contributed by atoms with Gasteiger partial charge in [-0.05, 0) is 5.56 Å². The first-order valence-corrected chi connectivity index (χ1v) is 6.94. The molecule has 0 bridgehead atoms. The van der Waals surface area contributed by atoms with E-state index in [1.807, 2.05) is 6.07 Å². The maximum atomic E-state index is 12.1. The average molecular weight is 318 g/mol.